The van der Waals surface area contributed by atoms with E-state index in [1.165, 1.54) is 0 Å². The van der Waals surface area contributed by atoms with Gasteiger partial charge in [-0.05, 0) is 27.9 Å². The highest BCUT2D eigenvalue weighted by Crippen LogP contribution is 2.16. The average molecular weight is 244 g/mol. The van der Waals surface area contributed by atoms with Crippen molar-refractivity contribution in [1.82, 2.24) is 4.98 Å². The Morgan fingerprint density at radius 2 is 2.42 bits per heavy atom. The summed E-state index contributed by atoms with van der Waals surface area (Å²) < 4.78 is 0.780. The van der Waals surface area contributed by atoms with Crippen molar-refractivity contribution in [3.05, 3.63) is 27.5 Å². The maximum Gasteiger partial charge on any atom is 0.193 e. The van der Waals surface area contributed by atoms with Gasteiger partial charge in [0.15, 0.2) is 6.29 Å². The van der Waals surface area contributed by atoms with E-state index in [1.54, 1.807) is 12.3 Å². The lowest BCUT2D eigenvalue weighted by Crippen LogP contribution is -1.82. The van der Waals surface area contributed by atoms with E-state index in [9.17, 15) is 4.79 Å². The summed E-state index contributed by atoms with van der Waals surface area (Å²) in [7, 11) is 0. The highest BCUT2D eigenvalue weighted by molar-refractivity contribution is 9.10. The van der Waals surface area contributed by atoms with Crippen LogP contribution < -0.4 is 0 Å². The summed E-state index contributed by atoms with van der Waals surface area (Å²) in [6.07, 6.45) is 2.08. The van der Waals surface area contributed by atoms with Gasteiger partial charge in [0.05, 0.1) is 5.56 Å². The molecule has 0 aliphatic carbocycles. The molecule has 0 N–H and O–H groups in total. The molecule has 1 heterocycles. The maximum absolute atomic E-state index is 9.93. The van der Waals surface area contributed by atoms with Crippen molar-refractivity contribution in [3.63, 3.8) is 0 Å². The molecule has 0 fully saturated rings. The molecule has 12 heavy (non-hydrogen) atoms. The van der Waals surface area contributed by atoms with E-state index >= 15 is 0 Å². The van der Waals surface area contributed by atoms with Crippen LogP contribution in [0.1, 0.15) is 5.56 Å². The Morgan fingerprint density at radius 1 is 1.67 bits per heavy atom. The van der Waals surface area contributed by atoms with Gasteiger partial charge in [-0.15, -0.1) is 0 Å². The van der Waals surface area contributed by atoms with Crippen LogP contribution >= 0.6 is 27.5 Å². The number of aromatic nitrogens is 1. The molecule has 0 amide bonds. The predicted molar refractivity (Wildman–Crippen MR) is 49.9 cm³/mol. The fraction of sp³-hybridized carbons (Fsp3) is 0. The number of aldehydes is 1. The molecule has 0 spiro atoms. The Balaban J connectivity index is 3.13. The van der Waals surface area contributed by atoms with Gasteiger partial charge in [-0.3, -0.25) is 4.79 Å². The van der Waals surface area contributed by atoms with Crippen molar-refractivity contribution in [3.8, 4) is 11.8 Å². The lowest BCUT2D eigenvalue weighted by atomic mass is 10.3. The van der Waals surface area contributed by atoms with Gasteiger partial charge in [0, 0.05) is 10.7 Å². The molecule has 0 saturated carbocycles. The first-order chi connectivity index (χ1) is 5.74. The van der Waals surface area contributed by atoms with Crippen LogP contribution in [0.15, 0.2) is 16.7 Å². The van der Waals surface area contributed by atoms with Crippen molar-refractivity contribution in [2.45, 2.75) is 0 Å². The minimum absolute atomic E-state index is 0.299. The summed E-state index contributed by atoms with van der Waals surface area (Å²) in [5, 5.41) is 0.299. The van der Waals surface area contributed by atoms with Crippen molar-refractivity contribution < 1.29 is 4.79 Å². The number of carbonyl (C=O) groups excluding carboxylic acids is 1. The molecule has 60 valence electrons. The number of nitrogens with zero attached hydrogens (tertiary/aromatic N) is 1. The van der Waals surface area contributed by atoms with Crippen LogP contribution in [0.5, 0.6) is 0 Å². The number of halogens is 2. The summed E-state index contributed by atoms with van der Waals surface area (Å²) in [5.74, 6) is 4.82. The highest BCUT2D eigenvalue weighted by atomic mass is 79.9. The molecule has 0 aromatic carbocycles. The summed E-state index contributed by atoms with van der Waals surface area (Å²) in [4.78, 5) is 13.8. The second kappa shape index (κ2) is 4.24. The van der Waals surface area contributed by atoms with Crippen LogP contribution in [0.3, 0.4) is 0 Å². The summed E-state index contributed by atoms with van der Waals surface area (Å²) in [6.45, 7) is 0. The molecule has 0 atom stereocenters. The maximum atomic E-state index is 9.93. The van der Waals surface area contributed by atoms with Gasteiger partial charge in [-0.2, -0.15) is 0 Å². The molecule has 0 saturated heterocycles. The van der Waals surface area contributed by atoms with Crippen LogP contribution in [0, 0.1) is 11.8 Å². The standard InChI is InChI=1S/C8H3BrClNO/c9-7-4-6(2-1-3-12)8(10)11-5-7/h3-5H. The molecule has 1 aromatic rings. The zero-order valence-electron chi connectivity index (χ0n) is 5.84. The first-order valence-corrected chi connectivity index (χ1v) is 4.17. The van der Waals surface area contributed by atoms with Crippen molar-refractivity contribution in [2.24, 2.45) is 0 Å². The highest BCUT2D eigenvalue weighted by Gasteiger charge is 1.97. The molecule has 4 heteroatoms. The largest absolute Gasteiger partial charge is 0.289 e. The lowest BCUT2D eigenvalue weighted by Gasteiger charge is -1.93. The quantitative estimate of drug-likeness (QED) is 0.397. The second-order valence-electron chi connectivity index (χ2n) is 1.88. The minimum Gasteiger partial charge on any atom is -0.289 e. The topological polar surface area (TPSA) is 30.0 Å². The zero-order chi connectivity index (χ0) is 8.97. The number of carbonyl (C=O) groups is 1. The van der Waals surface area contributed by atoms with Gasteiger partial charge in [0.1, 0.15) is 5.15 Å². The Kier molecular flexibility index (Phi) is 3.27. The third kappa shape index (κ3) is 2.33. The number of rotatable bonds is 0. The Morgan fingerprint density at radius 3 is 3.08 bits per heavy atom. The third-order valence-electron chi connectivity index (χ3n) is 1.07. The molecule has 0 bridgehead atoms. The second-order valence-corrected chi connectivity index (χ2v) is 3.15. The average Bonchev–Trinajstić information content (AvgIpc) is 2.07. The Hall–Kier alpha value is -0.850. The van der Waals surface area contributed by atoms with E-state index in [-0.39, 0.29) is 0 Å². The fourth-order valence-corrected chi connectivity index (χ4v) is 1.10. The van der Waals surface area contributed by atoms with Gasteiger partial charge in [-0.25, -0.2) is 4.98 Å². The molecular formula is C8H3BrClNO. The summed E-state index contributed by atoms with van der Waals surface area (Å²) in [5.41, 5.74) is 0.540. The fourth-order valence-electron chi connectivity index (χ4n) is 0.617. The number of hydrogen-bond acceptors (Lipinski definition) is 2. The van der Waals surface area contributed by atoms with E-state index in [0.717, 1.165) is 4.47 Å². The van der Waals surface area contributed by atoms with Crippen molar-refractivity contribution in [2.75, 3.05) is 0 Å². The van der Waals surface area contributed by atoms with Crippen LogP contribution in [0.4, 0.5) is 0 Å². The number of pyridine rings is 1. The van der Waals surface area contributed by atoms with E-state index in [2.05, 4.69) is 32.8 Å². The van der Waals surface area contributed by atoms with E-state index in [0.29, 0.717) is 17.0 Å². The summed E-state index contributed by atoms with van der Waals surface area (Å²) in [6, 6.07) is 1.70. The molecule has 0 unspecified atom stereocenters. The molecular weight excluding hydrogens is 241 g/mol. The van der Waals surface area contributed by atoms with E-state index in [4.69, 9.17) is 11.6 Å². The monoisotopic (exact) mass is 243 g/mol. The molecule has 0 aliphatic heterocycles. The predicted octanol–water partition coefficient (Wildman–Crippen LogP) is 2.05. The normalized spacial score (nSPS) is 8.50. The first-order valence-electron chi connectivity index (χ1n) is 3.00. The van der Waals surface area contributed by atoms with Gasteiger partial charge >= 0.3 is 0 Å². The van der Waals surface area contributed by atoms with Crippen LogP contribution in [0.2, 0.25) is 5.15 Å². The third-order valence-corrected chi connectivity index (χ3v) is 1.81. The van der Waals surface area contributed by atoms with Crippen molar-refractivity contribution in [1.29, 1.82) is 0 Å². The summed E-state index contributed by atoms with van der Waals surface area (Å²) >= 11 is 8.89. The van der Waals surface area contributed by atoms with E-state index < -0.39 is 0 Å². The Labute approximate surface area is 83.1 Å². The Bertz CT molecular complexity index is 367. The van der Waals surface area contributed by atoms with Crippen molar-refractivity contribution >= 4 is 33.8 Å². The molecule has 1 aromatic heterocycles. The SMILES string of the molecule is O=CC#Cc1cc(Br)cnc1Cl. The van der Waals surface area contributed by atoms with Crippen LogP contribution in [0.25, 0.3) is 0 Å². The van der Waals surface area contributed by atoms with Gasteiger partial charge < -0.3 is 0 Å². The van der Waals surface area contributed by atoms with Crippen LogP contribution in [-0.4, -0.2) is 11.3 Å². The number of hydrogen-bond donors (Lipinski definition) is 0. The molecule has 2 nitrogen and oxygen atoms in total. The lowest BCUT2D eigenvalue weighted by molar-refractivity contribution is -0.103. The van der Waals surface area contributed by atoms with Gasteiger partial charge in [-0.1, -0.05) is 17.5 Å². The van der Waals surface area contributed by atoms with Crippen LogP contribution in [-0.2, 0) is 4.79 Å². The smallest absolute Gasteiger partial charge is 0.193 e. The van der Waals surface area contributed by atoms with Gasteiger partial charge in [0.2, 0.25) is 0 Å². The van der Waals surface area contributed by atoms with Gasteiger partial charge in [0.25, 0.3) is 0 Å². The zero-order valence-corrected chi connectivity index (χ0v) is 8.19. The minimum atomic E-state index is 0.299. The molecule has 0 radical (unpaired) electrons. The molecule has 1 rings (SSSR count). The van der Waals surface area contributed by atoms with E-state index in [1.807, 2.05) is 0 Å². The first kappa shape index (κ1) is 9.24. The molecule has 0 aliphatic rings.